The number of halogens is 1. The molecular weight excluding hydrogens is 348 g/mol. The number of nitrogens with zero attached hydrogens (tertiary/aromatic N) is 1. The number of sulfone groups is 1. The Hall–Kier alpha value is -2.05. The lowest BCUT2D eigenvalue weighted by Gasteiger charge is -2.19. The Morgan fingerprint density at radius 3 is 2.33 bits per heavy atom. The molecule has 0 fully saturated rings. The number of likely N-dealkylation sites (N-methyl/N-ethyl adjacent to an activating group) is 1. The number of benzene rings is 2. The van der Waals surface area contributed by atoms with E-state index in [4.69, 9.17) is 11.6 Å². The van der Waals surface area contributed by atoms with Crippen molar-refractivity contribution in [2.24, 2.45) is 0 Å². The summed E-state index contributed by atoms with van der Waals surface area (Å²) >= 11 is 5.74. The monoisotopic (exact) mass is 366 g/mol. The second kappa shape index (κ2) is 8.17. The van der Waals surface area contributed by atoms with E-state index < -0.39 is 21.5 Å². The SMILES string of the molecule is CN(CCNC(=O)CS(=O)(=O)c1ccc(Cl)cc1)c1ccccc1. The van der Waals surface area contributed by atoms with Crippen molar-refractivity contribution in [1.29, 1.82) is 0 Å². The molecule has 128 valence electrons. The molecule has 24 heavy (non-hydrogen) atoms. The quantitative estimate of drug-likeness (QED) is 0.817. The Kier molecular flexibility index (Phi) is 6.23. The van der Waals surface area contributed by atoms with Crippen LogP contribution in [0, 0.1) is 0 Å². The van der Waals surface area contributed by atoms with Gasteiger partial charge in [0.1, 0.15) is 5.75 Å². The summed E-state index contributed by atoms with van der Waals surface area (Å²) in [5.41, 5.74) is 1.03. The van der Waals surface area contributed by atoms with Crippen LogP contribution in [0.5, 0.6) is 0 Å². The maximum absolute atomic E-state index is 12.2. The molecule has 0 radical (unpaired) electrons. The molecule has 1 N–H and O–H groups in total. The van der Waals surface area contributed by atoms with Gasteiger partial charge in [0.2, 0.25) is 5.91 Å². The van der Waals surface area contributed by atoms with Gasteiger partial charge in [0.15, 0.2) is 9.84 Å². The molecule has 7 heteroatoms. The standard InChI is InChI=1S/C17H19ClN2O3S/c1-20(15-5-3-2-4-6-15)12-11-19-17(21)13-24(22,23)16-9-7-14(18)8-10-16/h2-10H,11-13H2,1H3,(H,19,21). The van der Waals surface area contributed by atoms with E-state index in [2.05, 4.69) is 5.32 Å². The molecule has 0 unspecified atom stereocenters. The van der Waals surface area contributed by atoms with Gasteiger partial charge in [-0.25, -0.2) is 8.42 Å². The molecular formula is C17H19ClN2O3S. The van der Waals surface area contributed by atoms with Crippen LogP contribution in [0.4, 0.5) is 5.69 Å². The lowest BCUT2D eigenvalue weighted by molar-refractivity contribution is -0.118. The Morgan fingerprint density at radius 2 is 1.71 bits per heavy atom. The molecule has 0 aliphatic carbocycles. The molecule has 2 rings (SSSR count). The van der Waals surface area contributed by atoms with Crippen LogP contribution in [0.25, 0.3) is 0 Å². The van der Waals surface area contributed by atoms with Crippen molar-refractivity contribution in [1.82, 2.24) is 5.32 Å². The van der Waals surface area contributed by atoms with Crippen LogP contribution in [-0.2, 0) is 14.6 Å². The molecule has 0 aliphatic heterocycles. The summed E-state index contributed by atoms with van der Waals surface area (Å²) in [6.07, 6.45) is 0. The van der Waals surface area contributed by atoms with Gasteiger partial charge >= 0.3 is 0 Å². The first-order chi connectivity index (χ1) is 11.4. The zero-order valence-electron chi connectivity index (χ0n) is 13.3. The highest BCUT2D eigenvalue weighted by Gasteiger charge is 2.19. The number of amides is 1. The normalized spacial score (nSPS) is 11.1. The van der Waals surface area contributed by atoms with Gasteiger partial charge in [-0.15, -0.1) is 0 Å². The highest BCUT2D eigenvalue weighted by atomic mass is 35.5. The predicted octanol–water partition coefficient (Wildman–Crippen LogP) is 2.37. The lowest BCUT2D eigenvalue weighted by Crippen LogP contribution is -2.36. The summed E-state index contributed by atoms with van der Waals surface area (Å²) in [6.45, 7) is 0.942. The fraction of sp³-hybridized carbons (Fsp3) is 0.235. The third-order valence-electron chi connectivity index (χ3n) is 3.46. The summed E-state index contributed by atoms with van der Waals surface area (Å²) in [4.78, 5) is 13.9. The van der Waals surface area contributed by atoms with Crippen LogP contribution < -0.4 is 10.2 Å². The van der Waals surface area contributed by atoms with Crippen molar-refractivity contribution in [3.8, 4) is 0 Å². The van der Waals surface area contributed by atoms with Gasteiger partial charge in [0.25, 0.3) is 0 Å². The molecule has 5 nitrogen and oxygen atoms in total. The molecule has 0 atom stereocenters. The molecule has 0 spiro atoms. The zero-order valence-corrected chi connectivity index (χ0v) is 14.8. The lowest BCUT2D eigenvalue weighted by atomic mass is 10.3. The van der Waals surface area contributed by atoms with E-state index in [1.807, 2.05) is 42.3 Å². The zero-order chi connectivity index (χ0) is 17.6. The fourth-order valence-electron chi connectivity index (χ4n) is 2.12. The van der Waals surface area contributed by atoms with Crippen molar-refractivity contribution in [2.75, 3.05) is 30.8 Å². The number of anilines is 1. The van der Waals surface area contributed by atoms with Crippen molar-refractivity contribution in [3.05, 3.63) is 59.6 Å². The van der Waals surface area contributed by atoms with E-state index in [1.54, 1.807) is 0 Å². The van der Waals surface area contributed by atoms with Gasteiger partial charge in [-0.05, 0) is 36.4 Å². The summed E-state index contributed by atoms with van der Waals surface area (Å²) in [7, 11) is -1.75. The van der Waals surface area contributed by atoms with Crippen molar-refractivity contribution in [2.45, 2.75) is 4.90 Å². The minimum absolute atomic E-state index is 0.0865. The van der Waals surface area contributed by atoms with Crippen LogP contribution in [0.15, 0.2) is 59.5 Å². The average molecular weight is 367 g/mol. The maximum atomic E-state index is 12.2. The van der Waals surface area contributed by atoms with Crippen LogP contribution in [0.1, 0.15) is 0 Å². The average Bonchev–Trinajstić information content (AvgIpc) is 2.55. The smallest absolute Gasteiger partial charge is 0.235 e. The second-order valence-electron chi connectivity index (χ2n) is 5.32. The maximum Gasteiger partial charge on any atom is 0.235 e. The first kappa shape index (κ1) is 18.3. The molecule has 2 aromatic rings. The van der Waals surface area contributed by atoms with Crippen molar-refractivity contribution < 1.29 is 13.2 Å². The molecule has 0 aliphatic rings. The number of nitrogens with one attached hydrogen (secondary N) is 1. The third kappa shape index (κ3) is 5.25. The first-order valence-corrected chi connectivity index (χ1v) is 9.43. The second-order valence-corrected chi connectivity index (χ2v) is 7.75. The van der Waals surface area contributed by atoms with Gasteiger partial charge in [-0.3, -0.25) is 4.79 Å². The Labute approximate surface area is 147 Å². The Bertz CT molecular complexity index is 777. The number of para-hydroxylation sites is 1. The van der Waals surface area contributed by atoms with E-state index in [9.17, 15) is 13.2 Å². The van der Waals surface area contributed by atoms with Crippen LogP contribution >= 0.6 is 11.6 Å². The molecule has 0 aromatic heterocycles. The van der Waals surface area contributed by atoms with Gasteiger partial charge in [0, 0.05) is 30.8 Å². The largest absolute Gasteiger partial charge is 0.373 e. The number of hydrogen-bond donors (Lipinski definition) is 1. The summed E-state index contributed by atoms with van der Waals surface area (Å²) in [6, 6.07) is 15.5. The summed E-state index contributed by atoms with van der Waals surface area (Å²) in [5.74, 6) is -1.10. The minimum Gasteiger partial charge on any atom is -0.373 e. The summed E-state index contributed by atoms with van der Waals surface area (Å²) < 4.78 is 24.3. The van der Waals surface area contributed by atoms with Crippen molar-refractivity contribution >= 4 is 33.0 Å². The first-order valence-electron chi connectivity index (χ1n) is 7.40. The minimum atomic E-state index is -3.66. The van der Waals surface area contributed by atoms with E-state index in [-0.39, 0.29) is 4.90 Å². The molecule has 2 aromatic carbocycles. The molecule has 0 bridgehead atoms. The molecule has 0 saturated heterocycles. The van der Waals surface area contributed by atoms with Gasteiger partial charge in [-0.2, -0.15) is 0 Å². The van der Waals surface area contributed by atoms with E-state index >= 15 is 0 Å². The predicted molar refractivity (Wildman–Crippen MR) is 96.2 cm³/mol. The highest BCUT2D eigenvalue weighted by Crippen LogP contribution is 2.15. The van der Waals surface area contributed by atoms with Gasteiger partial charge < -0.3 is 10.2 Å². The van der Waals surface area contributed by atoms with Crippen molar-refractivity contribution in [3.63, 3.8) is 0 Å². The topological polar surface area (TPSA) is 66.5 Å². The van der Waals surface area contributed by atoms with E-state index in [0.717, 1.165) is 5.69 Å². The number of carbonyl (C=O) groups is 1. The van der Waals surface area contributed by atoms with Crippen LogP contribution in [-0.4, -0.2) is 40.2 Å². The molecule has 1 amide bonds. The van der Waals surface area contributed by atoms with Crippen LogP contribution in [0.3, 0.4) is 0 Å². The Morgan fingerprint density at radius 1 is 1.08 bits per heavy atom. The van der Waals surface area contributed by atoms with Gasteiger partial charge in [0.05, 0.1) is 4.90 Å². The van der Waals surface area contributed by atoms with E-state index in [1.165, 1.54) is 24.3 Å². The van der Waals surface area contributed by atoms with Gasteiger partial charge in [-0.1, -0.05) is 29.8 Å². The van der Waals surface area contributed by atoms with Crippen LogP contribution in [0.2, 0.25) is 5.02 Å². The van der Waals surface area contributed by atoms with E-state index in [0.29, 0.717) is 18.1 Å². The summed E-state index contributed by atoms with van der Waals surface area (Å²) in [5, 5.41) is 3.08. The molecule has 0 heterocycles. The highest BCUT2D eigenvalue weighted by molar-refractivity contribution is 7.92. The fourth-order valence-corrected chi connectivity index (χ4v) is 3.41. The molecule has 0 saturated carbocycles. The Balaban J connectivity index is 1.83. The third-order valence-corrected chi connectivity index (χ3v) is 5.34. The number of carbonyl (C=O) groups excluding carboxylic acids is 1. The number of hydrogen-bond acceptors (Lipinski definition) is 4. The number of rotatable bonds is 7.